The van der Waals surface area contributed by atoms with Crippen LogP contribution in [-0.4, -0.2) is 41.4 Å². The van der Waals surface area contributed by atoms with Crippen molar-refractivity contribution in [2.45, 2.75) is 53.0 Å². The van der Waals surface area contributed by atoms with Crippen LogP contribution in [-0.2, 0) is 16.6 Å². The number of hydrogen-bond donors (Lipinski definition) is 0. The largest absolute Gasteiger partial charge is 0.292 e. The zero-order chi connectivity index (χ0) is 19.6. The molecule has 26 heavy (non-hydrogen) atoms. The van der Waals surface area contributed by atoms with Gasteiger partial charge in [-0.15, -0.1) is 0 Å². The van der Waals surface area contributed by atoms with Crippen molar-refractivity contribution < 1.29 is 13.2 Å². The highest BCUT2D eigenvalue weighted by Gasteiger charge is 2.29. The van der Waals surface area contributed by atoms with Gasteiger partial charge in [0.15, 0.2) is 5.78 Å². The van der Waals surface area contributed by atoms with Crippen molar-refractivity contribution in [2.75, 3.05) is 13.1 Å². The first-order chi connectivity index (χ1) is 12.1. The van der Waals surface area contributed by atoms with Gasteiger partial charge in [-0.2, -0.15) is 9.40 Å². The predicted molar refractivity (Wildman–Crippen MR) is 102 cm³/mol. The fourth-order valence-corrected chi connectivity index (χ4v) is 4.87. The molecule has 1 aromatic carbocycles. The summed E-state index contributed by atoms with van der Waals surface area (Å²) in [5.41, 5.74) is 3.69. The first kappa shape index (κ1) is 20.3. The third kappa shape index (κ3) is 3.73. The molecule has 0 aliphatic carbocycles. The van der Waals surface area contributed by atoms with E-state index < -0.39 is 10.0 Å². The molecule has 6 nitrogen and oxygen atoms in total. The van der Waals surface area contributed by atoms with Crippen molar-refractivity contribution in [1.82, 2.24) is 14.1 Å². The molecule has 0 saturated heterocycles. The third-order valence-corrected chi connectivity index (χ3v) is 7.04. The van der Waals surface area contributed by atoms with Crippen LogP contribution in [0.3, 0.4) is 0 Å². The second-order valence-corrected chi connectivity index (χ2v) is 8.34. The van der Waals surface area contributed by atoms with E-state index in [-0.39, 0.29) is 17.2 Å². The summed E-state index contributed by atoms with van der Waals surface area (Å²) >= 11 is 0. The Hall–Kier alpha value is -1.99. The molecule has 0 unspecified atom stereocenters. The molecule has 0 bridgehead atoms. The van der Waals surface area contributed by atoms with Gasteiger partial charge in [-0.25, -0.2) is 8.42 Å². The topological polar surface area (TPSA) is 72.3 Å². The molecule has 0 saturated carbocycles. The van der Waals surface area contributed by atoms with Crippen molar-refractivity contribution in [2.24, 2.45) is 0 Å². The van der Waals surface area contributed by atoms with Crippen LogP contribution in [0, 0.1) is 27.7 Å². The Morgan fingerprint density at radius 1 is 1.08 bits per heavy atom. The van der Waals surface area contributed by atoms with Crippen LogP contribution in [0.2, 0.25) is 0 Å². The van der Waals surface area contributed by atoms with Gasteiger partial charge >= 0.3 is 0 Å². The molecule has 142 valence electrons. The Morgan fingerprint density at radius 2 is 1.69 bits per heavy atom. The number of hydrogen-bond acceptors (Lipinski definition) is 4. The number of Topliss-reactive ketones (excluding diaryl/α,β-unsaturated/α-hetero) is 1. The van der Waals surface area contributed by atoms with Gasteiger partial charge in [0.05, 0.1) is 11.4 Å². The second kappa shape index (κ2) is 7.72. The smallest absolute Gasteiger partial charge is 0.246 e. The summed E-state index contributed by atoms with van der Waals surface area (Å²) in [7, 11) is -3.62. The molecule has 0 N–H and O–H groups in total. The average Bonchev–Trinajstić information content (AvgIpc) is 2.85. The SMILES string of the molecule is CCN(CC)S(=O)(=O)c1c(C)nn(CC(=O)c2ccc(C)c(C)c2)c1C. The van der Waals surface area contributed by atoms with Gasteiger partial charge in [-0.1, -0.05) is 26.0 Å². The first-order valence-corrected chi connectivity index (χ1v) is 10.2. The number of carbonyl (C=O) groups is 1. The van der Waals surface area contributed by atoms with Crippen LogP contribution in [0.15, 0.2) is 23.1 Å². The van der Waals surface area contributed by atoms with Crippen LogP contribution >= 0.6 is 0 Å². The summed E-state index contributed by atoms with van der Waals surface area (Å²) in [5, 5.41) is 4.32. The summed E-state index contributed by atoms with van der Waals surface area (Å²) in [4.78, 5) is 12.8. The minimum Gasteiger partial charge on any atom is -0.292 e. The second-order valence-electron chi connectivity index (χ2n) is 6.47. The number of nitrogens with zero attached hydrogens (tertiary/aromatic N) is 3. The zero-order valence-electron chi connectivity index (χ0n) is 16.3. The summed E-state index contributed by atoms with van der Waals surface area (Å²) in [5.74, 6) is -0.0921. The quantitative estimate of drug-likeness (QED) is 0.695. The van der Waals surface area contributed by atoms with Crippen LogP contribution in [0.5, 0.6) is 0 Å². The lowest BCUT2D eigenvalue weighted by atomic mass is 10.0. The van der Waals surface area contributed by atoms with E-state index in [2.05, 4.69) is 5.10 Å². The van der Waals surface area contributed by atoms with Gasteiger partial charge in [-0.3, -0.25) is 9.48 Å². The molecule has 0 aliphatic heterocycles. The van der Waals surface area contributed by atoms with Crippen LogP contribution < -0.4 is 0 Å². The minimum atomic E-state index is -3.62. The minimum absolute atomic E-state index is 0.0168. The van der Waals surface area contributed by atoms with Gasteiger partial charge < -0.3 is 0 Å². The van der Waals surface area contributed by atoms with Gasteiger partial charge in [0.25, 0.3) is 0 Å². The van der Waals surface area contributed by atoms with E-state index in [0.717, 1.165) is 11.1 Å². The number of rotatable bonds is 7. The van der Waals surface area contributed by atoms with Crippen molar-refractivity contribution in [1.29, 1.82) is 0 Å². The Morgan fingerprint density at radius 3 is 2.23 bits per heavy atom. The maximum Gasteiger partial charge on any atom is 0.246 e. The summed E-state index contributed by atoms with van der Waals surface area (Å²) < 4.78 is 28.6. The first-order valence-electron chi connectivity index (χ1n) is 8.78. The number of aryl methyl sites for hydroxylation is 3. The molecule has 2 rings (SSSR count). The zero-order valence-corrected chi connectivity index (χ0v) is 17.1. The molecule has 0 atom stereocenters. The lowest BCUT2D eigenvalue weighted by molar-refractivity contribution is 0.0966. The number of aromatic nitrogens is 2. The average molecular weight is 378 g/mol. The maximum absolute atomic E-state index is 12.9. The van der Waals surface area contributed by atoms with Crippen LogP contribution in [0.4, 0.5) is 0 Å². The number of ketones is 1. The number of benzene rings is 1. The molecule has 2 aromatic rings. The van der Waals surface area contributed by atoms with Crippen molar-refractivity contribution in [3.8, 4) is 0 Å². The molecule has 1 heterocycles. The summed E-state index contributed by atoms with van der Waals surface area (Å²) in [6.07, 6.45) is 0. The summed E-state index contributed by atoms with van der Waals surface area (Å²) in [6.45, 7) is 11.7. The van der Waals surface area contributed by atoms with E-state index in [9.17, 15) is 13.2 Å². The molecule has 7 heteroatoms. The monoisotopic (exact) mass is 377 g/mol. The standard InChI is InChI=1S/C19H27N3O3S/c1-7-21(8-2)26(24,25)19-15(5)20-22(16(19)6)12-18(23)17-10-9-13(3)14(4)11-17/h9-11H,7-8,12H2,1-6H3. The summed E-state index contributed by atoms with van der Waals surface area (Å²) in [6, 6.07) is 5.57. The molecule has 0 radical (unpaired) electrons. The molecule has 1 aromatic heterocycles. The Balaban J connectivity index is 2.38. The Kier molecular flexibility index (Phi) is 6.03. The lowest BCUT2D eigenvalue weighted by Gasteiger charge is -2.18. The molecule has 0 aliphatic rings. The highest BCUT2D eigenvalue weighted by molar-refractivity contribution is 7.89. The highest BCUT2D eigenvalue weighted by Crippen LogP contribution is 2.23. The third-order valence-electron chi connectivity index (χ3n) is 4.74. The molecule has 0 amide bonds. The Labute approximate surface area is 155 Å². The van der Waals surface area contributed by atoms with E-state index in [1.54, 1.807) is 33.8 Å². The van der Waals surface area contributed by atoms with Gasteiger partial charge in [0.2, 0.25) is 10.0 Å². The molecule has 0 spiro atoms. The van der Waals surface area contributed by atoms with Gasteiger partial charge in [0, 0.05) is 18.7 Å². The van der Waals surface area contributed by atoms with E-state index in [1.807, 2.05) is 26.0 Å². The van der Waals surface area contributed by atoms with Crippen LogP contribution in [0.25, 0.3) is 0 Å². The number of carbonyl (C=O) groups excluding carboxylic acids is 1. The predicted octanol–water partition coefficient (Wildman–Crippen LogP) is 3.03. The number of sulfonamides is 1. The van der Waals surface area contributed by atoms with E-state index in [4.69, 9.17) is 0 Å². The van der Waals surface area contributed by atoms with Crippen LogP contribution in [0.1, 0.15) is 46.7 Å². The van der Waals surface area contributed by atoms with Gasteiger partial charge in [-0.05, 0) is 44.9 Å². The molecule has 0 fully saturated rings. The molecular formula is C19H27N3O3S. The normalized spacial score (nSPS) is 12.0. The van der Waals surface area contributed by atoms with E-state index in [0.29, 0.717) is 30.0 Å². The van der Waals surface area contributed by atoms with Crippen molar-refractivity contribution in [3.05, 3.63) is 46.3 Å². The van der Waals surface area contributed by atoms with Crippen molar-refractivity contribution in [3.63, 3.8) is 0 Å². The lowest BCUT2D eigenvalue weighted by Crippen LogP contribution is -2.31. The highest BCUT2D eigenvalue weighted by atomic mass is 32.2. The Bertz CT molecular complexity index is 926. The molecular weight excluding hydrogens is 350 g/mol. The fourth-order valence-electron chi connectivity index (χ4n) is 3.04. The van der Waals surface area contributed by atoms with E-state index in [1.165, 1.54) is 8.99 Å². The maximum atomic E-state index is 12.9. The fraction of sp³-hybridized carbons (Fsp3) is 0.474. The van der Waals surface area contributed by atoms with E-state index >= 15 is 0 Å². The van der Waals surface area contributed by atoms with Gasteiger partial charge in [0.1, 0.15) is 11.4 Å². The van der Waals surface area contributed by atoms with Crippen molar-refractivity contribution >= 4 is 15.8 Å².